The number of hydrogen-bond acceptors (Lipinski definition) is 2. The van der Waals surface area contributed by atoms with Gasteiger partial charge in [-0.2, -0.15) is 0 Å². The van der Waals surface area contributed by atoms with Crippen LogP contribution in [0.25, 0.3) is 0 Å². The number of carbonyl (C=O) groups is 2. The van der Waals surface area contributed by atoms with Gasteiger partial charge in [0, 0.05) is 0 Å². The second-order valence-electron chi connectivity index (χ2n) is 5.43. The molecule has 2 rings (SSSR count). The van der Waals surface area contributed by atoms with Gasteiger partial charge in [0.05, 0.1) is 10.7 Å². The predicted molar refractivity (Wildman–Crippen MR) is 80.0 cm³/mol. The summed E-state index contributed by atoms with van der Waals surface area (Å²) >= 11 is 6.25. The minimum Gasteiger partial charge on any atom is -0.340 e. The van der Waals surface area contributed by atoms with E-state index in [0.717, 1.165) is 5.56 Å². The maximum absolute atomic E-state index is 12.8. The van der Waals surface area contributed by atoms with E-state index in [1.165, 1.54) is 4.90 Å². The highest BCUT2D eigenvalue weighted by atomic mass is 35.5. The van der Waals surface area contributed by atoms with Gasteiger partial charge in [-0.25, -0.2) is 0 Å². The molecule has 1 fully saturated rings. The highest BCUT2D eigenvalue weighted by Gasteiger charge is 2.46. The molecule has 1 aromatic carbocycles. The fourth-order valence-electron chi connectivity index (χ4n) is 2.45. The highest BCUT2D eigenvalue weighted by molar-refractivity contribution is 6.34. The number of benzene rings is 1. The van der Waals surface area contributed by atoms with Gasteiger partial charge in [0.15, 0.2) is 0 Å². The number of piperazine rings is 1. The summed E-state index contributed by atoms with van der Waals surface area (Å²) in [5.74, 6) is -0.281. The van der Waals surface area contributed by atoms with Gasteiger partial charge in [0.1, 0.15) is 11.6 Å². The van der Waals surface area contributed by atoms with E-state index >= 15 is 0 Å². The van der Waals surface area contributed by atoms with Crippen LogP contribution >= 0.6 is 11.6 Å². The van der Waals surface area contributed by atoms with E-state index < -0.39 is 11.6 Å². The van der Waals surface area contributed by atoms with Crippen molar-refractivity contribution < 1.29 is 9.59 Å². The summed E-state index contributed by atoms with van der Waals surface area (Å²) in [4.78, 5) is 26.5. The van der Waals surface area contributed by atoms with E-state index in [2.05, 4.69) is 5.32 Å². The van der Waals surface area contributed by atoms with Crippen LogP contribution in [0.2, 0.25) is 5.02 Å². The molecule has 1 aliphatic heterocycles. The molecule has 0 bridgehead atoms. The van der Waals surface area contributed by atoms with Crippen LogP contribution < -0.4 is 10.2 Å². The molecule has 1 heterocycles. The average Bonchev–Trinajstić information content (AvgIpc) is 2.40. The summed E-state index contributed by atoms with van der Waals surface area (Å²) in [6.07, 6.45) is 0.532. The third-order valence-corrected chi connectivity index (χ3v) is 4.30. The van der Waals surface area contributed by atoms with Gasteiger partial charge in [-0.05, 0) is 38.8 Å². The van der Waals surface area contributed by atoms with Crippen molar-refractivity contribution in [3.05, 3.63) is 28.8 Å². The van der Waals surface area contributed by atoms with Crippen LogP contribution in [-0.2, 0) is 9.59 Å². The van der Waals surface area contributed by atoms with Crippen molar-refractivity contribution in [3.8, 4) is 0 Å². The number of anilines is 1. The summed E-state index contributed by atoms with van der Waals surface area (Å²) in [5, 5.41) is 3.29. The lowest BCUT2D eigenvalue weighted by atomic mass is 9.91. The van der Waals surface area contributed by atoms with Crippen LogP contribution in [-0.4, -0.2) is 23.4 Å². The quantitative estimate of drug-likeness (QED) is 0.911. The van der Waals surface area contributed by atoms with Crippen LogP contribution in [0.4, 0.5) is 5.69 Å². The number of aryl methyl sites for hydroxylation is 1. The normalized spacial score (nSPS) is 26.6. The molecule has 5 heteroatoms. The van der Waals surface area contributed by atoms with Crippen LogP contribution in [0.5, 0.6) is 0 Å². The Morgan fingerprint density at radius 1 is 1.40 bits per heavy atom. The molecule has 2 amide bonds. The second kappa shape index (κ2) is 5.09. The summed E-state index contributed by atoms with van der Waals surface area (Å²) in [5.41, 5.74) is 0.627. The zero-order valence-electron chi connectivity index (χ0n) is 12.2. The minimum atomic E-state index is -0.880. The Balaban J connectivity index is 2.58. The van der Waals surface area contributed by atoms with Gasteiger partial charge in [0.2, 0.25) is 5.91 Å². The van der Waals surface area contributed by atoms with Crippen molar-refractivity contribution >= 4 is 29.1 Å². The molecule has 2 unspecified atom stereocenters. The number of rotatable bonds is 2. The molecular weight excluding hydrogens is 276 g/mol. The molecule has 108 valence electrons. The standard InChI is InChI=1S/C15H19ClN2O2/c1-5-15(4)14(20)18(10(3)13(19)17-15)12-9(2)7-6-8-11(12)16/h6-8,10H,5H2,1-4H3,(H,17,19). The molecule has 0 spiro atoms. The zero-order chi connectivity index (χ0) is 15.1. The highest BCUT2D eigenvalue weighted by Crippen LogP contribution is 2.34. The molecule has 4 nitrogen and oxygen atoms in total. The maximum Gasteiger partial charge on any atom is 0.253 e. The Labute approximate surface area is 124 Å². The van der Waals surface area contributed by atoms with E-state index in [9.17, 15) is 9.59 Å². The lowest BCUT2D eigenvalue weighted by Crippen LogP contribution is -2.68. The maximum atomic E-state index is 12.8. The SMILES string of the molecule is CCC1(C)NC(=O)C(C)N(c2c(C)cccc2Cl)C1=O. The first kappa shape index (κ1) is 14.9. The first-order valence-corrected chi connectivity index (χ1v) is 7.10. The number of para-hydroxylation sites is 1. The minimum absolute atomic E-state index is 0.122. The smallest absolute Gasteiger partial charge is 0.253 e. The van der Waals surface area contributed by atoms with E-state index in [-0.39, 0.29) is 11.8 Å². The molecule has 1 saturated heterocycles. The van der Waals surface area contributed by atoms with Crippen LogP contribution in [0, 0.1) is 6.92 Å². The Bertz CT molecular complexity index is 553. The van der Waals surface area contributed by atoms with Gasteiger partial charge < -0.3 is 5.32 Å². The molecular formula is C15H19ClN2O2. The van der Waals surface area contributed by atoms with Gasteiger partial charge in [-0.1, -0.05) is 30.7 Å². The molecule has 2 atom stereocenters. The Morgan fingerprint density at radius 3 is 2.60 bits per heavy atom. The van der Waals surface area contributed by atoms with Crippen LogP contribution in [0.15, 0.2) is 18.2 Å². The predicted octanol–water partition coefficient (Wildman–Crippen LogP) is 2.67. The number of carbonyl (C=O) groups excluding carboxylic acids is 2. The Kier molecular flexibility index (Phi) is 3.78. The molecule has 0 aliphatic carbocycles. The fraction of sp³-hybridized carbons (Fsp3) is 0.467. The van der Waals surface area contributed by atoms with E-state index in [1.807, 2.05) is 26.0 Å². The number of hydrogen-bond donors (Lipinski definition) is 1. The molecule has 0 saturated carbocycles. The lowest BCUT2D eigenvalue weighted by Gasteiger charge is -2.43. The molecule has 1 N–H and O–H groups in total. The molecule has 20 heavy (non-hydrogen) atoms. The van der Waals surface area contributed by atoms with Crippen molar-refractivity contribution in [2.75, 3.05) is 4.90 Å². The summed E-state index contributed by atoms with van der Waals surface area (Å²) in [7, 11) is 0. The van der Waals surface area contributed by atoms with Gasteiger partial charge in [0.25, 0.3) is 5.91 Å². The average molecular weight is 295 g/mol. The first-order valence-electron chi connectivity index (χ1n) is 6.72. The van der Waals surface area contributed by atoms with E-state index in [0.29, 0.717) is 17.1 Å². The molecule has 1 aromatic rings. The number of halogens is 1. The molecule has 0 aromatic heterocycles. The second-order valence-corrected chi connectivity index (χ2v) is 5.84. The zero-order valence-corrected chi connectivity index (χ0v) is 12.9. The largest absolute Gasteiger partial charge is 0.340 e. The molecule has 1 aliphatic rings. The van der Waals surface area contributed by atoms with Crippen molar-refractivity contribution in [2.24, 2.45) is 0 Å². The summed E-state index contributed by atoms with van der Waals surface area (Å²) < 4.78 is 0. The number of nitrogens with zero attached hydrogens (tertiary/aromatic N) is 1. The van der Waals surface area contributed by atoms with Gasteiger partial charge in [-0.15, -0.1) is 0 Å². The van der Waals surface area contributed by atoms with Crippen molar-refractivity contribution in [1.29, 1.82) is 0 Å². The fourth-order valence-corrected chi connectivity index (χ4v) is 2.76. The number of amides is 2. The third kappa shape index (κ3) is 2.18. The number of nitrogens with one attached hydrogen (secondary N) is 1. The summed E-state index contributed by atoms with van der Waals surface area (Å²) in [6, 6.07) is 4.89. The Morgan fingerprint density at radius 2 is 2.05 bits per heavy atom. The van der Waals surface area contributed by atoms with Crippen molar-refractivity contribution in [2.45, 2.75) is 45.7 Å². The van der Waals surface area contributed by atoms with Crippen molar-refractivity contribution in [3.63, 3.8) is 0 Å². The summed E-state index contributed by atoms with van der Waals surface area (Å²) in [6.45, 7) is 7.23. The van der Waals surface area contributed by atoms with Crippen LogP contribution in [0.3, 0.4) is 0 Å². The monoisotopic (exact) mass is 294 g/mol. The first-order chi connectivity index (χ1) is 9.31. The van der Waals surface area contributed by atoms with Gasteiger partial charge >= 0.3 is 0 Å². The van der Waals surface area contributed by atoms with E-state index in [4.69, 9.17) is 11.6 Å². The lowest BCUT2D eigenvalue weighted by molar-refractivity contribution is -0.137. The van der Waals surface area contributed by atoms with Crippen molar-refractivity contribution in [1.82, 2.24) is 5.32 Å². The topological polar surface area (TPSA) is 49.4 Å². The van der Waals surface area contributed by atoms with Crippen LogP contribution in [0.1, 0.15) is 32.8 Å². The van der Waals surface area contributed by atoms with E-state index in [1.54, 1.807) is 19.9 Å². The van der Waals surface area contributed by atoms with Gasteiger partial charge in [-0.3, -0.25) is 14.5 Å². The molecule has 0 radical (unpaired) electrons. The third-order valence-electron chi connectivity index (χ3n) is 3.99. The Hall–Kier alpha value is -1.55.